The molecular formula is C19H24O2. The Kier molecular flexibility index (Phi) is 6.26. The zero-order valence-corrected chi connectivity index (χ0v) is 12.8. The van der Waals surface area contributed by atoms with Gasteiger partial charge in [0.1, 0.15) is 5.75 Å². The molecule has 0 aliphatic carbocycles. The normalized spacial score (nSPS) is 10.7. The fourth-order valence-corrected chi connectivity index (χ4v) is 2.51. The highest BCUT2D eigenvalue weighted by Crippen LogP contribution is 2.25. The lowest BCUT2D eigenvalue weighted by Gasteiger charge is -2.07. The molecule has 0 radical (unpaired) electrons. The van der Waals surface area contributed by atoms with Gasteiger partial charge in [-0.2, -0.15) is 0 Å². The van der Waals surface area contributed by atoms with Gasteiger partial charge in [-0.15, -0.1) is 0 Å². The SMILES string of the molecule is CCCCCCCCC(=O)Oc1cccc2ccccc12. The van der Waals surface area contributed by atoms with Gasteiger partial charge in [0.05, 0.1) is 0 Å². The molecule has 2 aromatic carbocycles. The minimum Gasteiger partial charge on any atom is -0.426 e. The van der Waals surface area contributed by atoms with E-state index in [1.165, 1.54) is 25.7 Å². The second-order valence-electron chi connectivity index (χ2n) is 5.47. The first-order chi connectivity index (χ1) is 10.3. The molecule has 0 N–H and O–H groups in total. The van der Waals surface area contributed by atoms with Crippen LogP contribution in [0.3, 0.4) is 0 Å². The van der Waals surface area contributed by atoms with Gasteiger partial charge in [-0.05, 0) is 17.9 Å². The third-order valence-corrected chi connectivity index (χ3v) is 3.71. The van der Waals surface area contributed by atoms with Crippen LogP contribution in [0.2, 0.25) is 0 Å². The maximum atomic E-state index is 11.9. The molecule has 2 aromatic rings. The second kappa shape index (κ2) is 8.46. The molecule has 0 bridgehead atoms. The summed E-state index contributed by atoms with van der Waals surface area (Å²) in [6.45, 7) is 2.21. The Bertz CT molecular complexity index is 569. The van der Waals surface area contributed by atoms with Crippen LogP contribution in [0, 0.1) is 0 Å². The van der Waals surface area contributed by atoms with Crippen molar-refractivity contribution >= 4 is 16.7 Å². The summed E-state index contributed by atoms with van der Waals surface area (Å²) in [6.07, 6.45) is 7.58. The van der Waals surface area contributed by atoms with Crippen LogP contribution in [-0.2, 0) is 4.79 Å². The van der Waals surface area contributed by atoms with E-state index in [0.29, 0.717) is 12.2 Å². The van der Waals surface area contributed by atoms with Crippen LogP contribution in [0.4, 0.5) is 0 Å². The number of hydrogen-bond donors (Lipinski definition) is 0. The van der Waals surface area contributed by atoms with E-state index in [2.05, 4.69) is 6.92 Å². The molecule has 0 atom stereocenters. The summed E-state index contributed by atoms with van der Waals surface area (Å²) in [5.74, 6) is 0.547. The quantitative estimate of drug-likeness (QED) is 0.363. The lowest BCUT2D eigenvalue weighted by Crippen LogP contribution is -2.07. The summed E-state index contributed by atoms with van der Waals surface area (Å²) in [5, 5.41) is 2.10. The average Bonchev–Trinajstić information content (AvgIpc) is 2.51. The molecule has 0 amide bonds. The zero-order valence-electron chi connectivity index (χ0n) is 12.8. The number of hydrogen-bond acceptors (Lipinski definition) is 2. The summed E-state index contributed by atoms with van der Waals surface area (Å²) < 4.78 is 5.52. The molecule has 0 aromatic heterocycles. The van der Waals surface area contributed by atoms with E-state index < -0.39 is 0 Å². The number of fused-ring (bicyclic) bond motifs is 1. The molecule has 0 spiro atoms. The first kappa shape index (κ1) is 15.6. The topological polar surface area (TPSA) is 26.3 Å². The minimum atomic E-state index is -0.123. The van der Waals surface area contributed by atoms with Gasteiger partial charge in [0.25, 0.3) is 0 Å². The van der Waals surface area contributed by atoms with Crippen molar-refractivity contribution in [1.82, 2.24) is 0 Å². The van der Waals surface area contributed by atoms with Gasteiger partial charge in [0.15, 0.2) is 0 Å². The van der Waals surface area contributed by atoms with Crippen molar-refractivity contribution in [2.75, 3.05) is 0 Å². The second-order valence-corrected chi connectivity index (χ2v) is 5.47. The summed E-state index contributed by atoms with van der Waals surface area (Å²) in [4.78, 5) is 11.9. The number of rotatable bonds is 8. The third-order valence-electron chi connectivity index (χ3n) is 3.71. The molecule has 0 heterocycles. The number of carbonyl (C=O) groups excluding carboxylic acids is 1. The Morgan fingerprint density at radius 2 is 1.62 bits per heavy atom. The van der Waals surface area contributed by atoms with E-state index in [9.17, 15) is 4.79 Å². The van der Waals surface area contributed by atoms with Crippen LogP contribution in [0.25, 0.3) is 10.8 Å². The number of carbonyl (C=O) groups is 1. The maximum absolute atomic E-state index is 11.9. The van der Waals surface area contributed by atoms with Crippen molar-refractivity contribution in [1.29, 1.82) is 0 Å². The zero-order chi connectivity index (χ0) is 14.9. The van der Waals surface area contributed by atoms with Gasteiger partial charge in [-0.25, -0.2) is 0 Å². The van der Waals surface area contributed by atoms with Crippen molar-refractivity contribution < 1.29 is 9.53 Å². The smallest absolute Gasteiger partial charge is 0.311 e. The molecule has 0 saturated heterocycles. The number of esters is 1. The van der Waals surface area contributed by atoms with E-state index in [-0.39, 0.29) is 5.97 Å². The van der Waals surface area contributed by atoms with Crippen LogP contribution < -0.4 is 4.74 Å². The highest BCUT2D eigenvalue weighted by atomic mass is 16.5. The molecule has 0 fully saturated rings. The van der Waals surface area contributed by atoms with Gasteiger partial charge in [0.2, 0.25) is 0 Å². The summed E-state index contributed by atoms with van der Waals surface area (Å²) in [6, 6.07) is 13.8. The van der Waals surface area contributed by atoms with Gasteiger partial charge in [-0.3, -0.25) is 4.79 Å². The van der Waals surface area contributed by atoms with Gasteiger partial charge >= 0.3 is 5.97 Å². The van der Waals surface area contributed by atoms with E-state index in [0.717, 1.165) is 23.6 Å². The molecular weight excluding hydrogens is 260 g/mol. The van der Waals surface area contributed by atoms with Crippen LogP contribution in [0.1, 0.15) is 51.9 Å². The molecule has 112 valence electrons. The predicted molar refractivity (Wildman–Crippen MR) is 87.6 cm³/mol. The maximum Gasteiger partial charge on any atom is 0.311 e. The van der Waals surface area contributed by atoms with Crippen LogP contribution >= 0.6 is 0 Å². The van der Waals surface area contributed by atoms with Gasteiger partial charge in [0, 0.05) is 11.8 Å². The summed E-state index contributed by atoms with van der Waals surface area (Å²) >= 11 is 0. The molecule has 21 heavy (non-hydrogen) atoms. The monoisotopic (exact) mass is 284 g/mol. The predicted octanol–water partition coefficient (Wildman–Crippen LogP) is 5.50. The van der Waals surface area contributed by atoms with Gasteiger partial charge < -0.3 is 4.74 Å². The van der Waals surface area contributed by atoms with Crippen molar-refractivity contribution in [3.8, 4) is 5.75 Å². The lowest BCUT2D eigenvalue weighted by molar-refractivity contribution is -0.134. The lowest BCUT2D eigenvalue weighted by atomic mass is 10.1. The Morgan fingerprint density at radius 1 is 0.905 bits per heavy atom. The number of ether oxygens (including phenoxy) is 1. The average molecular weight is 284 g/mol. The first-order valence-electron chi connectivity index (χ1n) is 7.99. The fourth-order valence-electron chi connectivity index (χ4n) is 2.51. The van der Waals surface area contributed by atoms with Crippen molar-refractivity contribution in [3.63, 3.8) is 0 Å². The Balaban J connectivity index is 1.82. The van der Waals surface area contributed by atoms with E-state index >= 15 is 0 Å². The largest absolute Gasteiger partial charge is 0.426 e. The van der Waals surface area contributed by atoms with Crippen LogP contribution in [0.15, 0.2) is 42.5 Å². The highest BCUT2D eigenvalue weighted by molar-refractivity contribution is 5.90. The summed E-state index contributed by atoms with van der Waals surface area (Å²) in [5.41, 5.74) is 0. The molecule has 0 aliphatic rings. The number of benzene rings is 2. The van der Waals surface area contributed by atoms with Gasteiger partial charge in [-0.1, -0.05) is 75.4 Å². The molecule has 0 saturated carbocycles. The molecule has 0 aliphatic heterocycles. The van der Waals surface area contributed by atoms with E-state index in [1.54, 1.807) is 0 Å². The first-order valence-corrected chi connectivity index (χ1v) is 7.99. The van der Waals surface area contributed by atoms with E-state index in [4.69, 9.17) is 4.74 Å². The Labute approximate surface area is 127 Å². The van der Waals surface area contributed by atoms with Crippen LogP contribution in [0.5, 0.6) is 5.75 Å². The fraction of sp³-hybridized carbons (Fsp3) is 0.421. The molecule has 2 heteroatoms. The van der Waals surface area contributed by atoms with Crippen molar-refractivity contribution in [2.45, 2.75) is 51.9 Å². The Morgan fingerprint density at radius 3 is 2.48 bits per heavy atom. The summed E-state index contributed by atoms with van der Waals surface area (Å²) in [7, 11) is 0. The highest BCUT2D eigenvalue weighted by Gasteiger charge is 2.07. The number of unbranched alkanes of at least 4 members (excludes halogenated alkanes) is 5. The Hall–Kier alpha value is -1.83. The standard InChI is InChI=1S/C19H24O2/c1-2-3-4-5-6-7-15-19(20)21-18-14-10-12-16-11-8-9-13-17(16)18/h8-14H,2-7,15H2,1H3. The molecule has 0 unspecified atom stereocenters. The van der Waals surface area contributed by atoms with Crippen molar-refractivity contribution in [2.24, 2.45) is 0 Å². The molecule has 2 nitrogen and oxygen atoms in total. The van der Waals surface area contributed by atoms with E-state index in [1.807, 2.05) is 42.5 Å². The molecule has 2 rings (SSSR count). The minimum absolute atomic E-state index is 0.123. The third kappa shape index (κ3) is 4.89. The van der Waals surface area contributed by atoms with Crippen molar-refractivity contribution in [3.05, 3.63) is 42.5 Å². The van der Waals surface area contributed by atoms with Crippen LogP contribution in [-0.4, -0.2) is 5.97 Å².